The third-order valence-electron chi connectivity index (χ3n) is 2.39. The molecule has 1 aromatic carbocycles. The van der Waals surface area contributed by atoms with Crippen molar-refractivity contribution < 1.29 is 18.7 Å². The average Bonchev–Trinajstić information content (AvgIpc) is 2.89. The first kappa shape index (κ1) is 14.3. The number of ether oxygens (including phenoxy) is 1. The highest BCUT2D eigenvalue weighted by Gasteiger charge is 2.19. The monoisotopic (exact) mass is 434 g/mol. The van der Waals surface area contributed by atoms with Gasteiger partial charge < -0.3 is 9.15 Å². The van der Waals surface area contributed by atoms with Crippen LogP contribution < -0.4 is 0 Å². The molecule has 1 heterocycles. The van der Waals surface area contributed by atoms with Crippen molar-refractivity contribution in [3.8, 4) is 0 Å². The molecule has 0 atom stereocenters. The van der Waals surface area contributed by atoms with Crippen molar-refractivity contribution in [1.82, 2.24) is 0 Å². The van der Waals surface area contributed by atoms with Crippen LogP contribution in [0.15, 0.2) is 39.2 Å². The molecule has 2 aromatic rings. The summed E-state index contributed by atoms with van der Waals surface area (Å²) in [7, 11) is 1.25. The van der Waals surface area contributed by atoms with Crippen molar-refractivity contribution in [2.24, 2.45) is 0 Å². The minimum absolute atomic E-state index is 0.00704. The molecule has 1 aromatic heterocycles. The van der Waals surface area contributed by atoms with E-state index in [1.807, 2.05) is 6.07 Å². The van der Waals surface area contributed by atoms with Gasteiger partial charge in [-0.2, -0.15) is 0 Å². The van der Waals surface area contributed by atoms with Crippen LogP contribution in [-0.4, -0.2) is 18.9 Å². The van der Waals surface area contributed by atoms with Crippen LogP contribution in [0.2, 0.25) is 0 Å². The molecule has 0 fully saturated rings. The molecule has 0 aliphatic carbocycles. The molecule has 0 spiro atoms. The summed E-state index contributed by atoms with van der Waals surface area (Å²) in [6, 6.07) is 8.29. The van der Waals surface area contributed by atoms with Gasteiger partial charge in [0.15, 0.2) is 5.76 Å². The number of halogens is 2. The van der Waals surface area contributed by atoms with E-state index in [1.54, 1.807) is 12.1 Å². The first-order valence-electron chi connectivity index (χ1n) is 5.21. The molecule has 6 heteroatoms. The van der Waals surface area contributed by atoms with Crippen LogP contribution in [0.3, 0.4) is 0 Å². The molecule has 0 radical (unpaired) electrons. The maximum Gasteiger partial charge on any atom is 0.373 e. The van der Waals surface area contributed by atoms with Crippen molar-refractivity contribution in [3.63, 3.8) is 0 Å². The zero-order valence-corrected chi connectivity index (χ0v) is 13.5. The zero-order chi connectivity index (χ0) is 14.0. The number of carbonyl (C=O) groups excluding carboxylic acids is 2. The summed E-state index contributed by atoms with van der Waals surface area (Å²) in [6.45, 7) is 0. The highest BCUT2D eigenvalue weighted by atomic mass is 127. The number of methoxy groups -OCH3 is 1. The molecule has 4 nitrogen and oxygen atoms in total. The number of furan rings is 1. The van der Waals surface area contributed by atoms with E-state index in [4.69, 9.17) is 4.42 Å². The minimum Gasteiger partial charge on any atom is -0.463 e. The molecule has 0 aliphatic rings. The van der Waals surface area contributed by atoms with E-state index in [2.05, 4.69) is 43.3 Å². The smallest absolute Gasteiger partial charge is 0.373 e. The second kappa shape index (κ2) is 5.87. The standard InChI is InChI=1S/C13H8BrIO4/c1-18-13(17)11-5-4-10(19-11)12(16)8-6-7(15)2-3-9(8)14/h2-6H,1H3. The van der Waals surface area contributed by atoms with Gasteiger partial charge in [0.2, 0.25) is 11.5 Å². The molecule has 0 saturated carbocycles. The quantitative estimate of drug-likeness (QED) is 0.420. The predicted octanol–water partition coefficient (Wildman–Crippen LogP) is 3.66. The first-order valence-corrected chi connectivity index (χ1v) is 7.08. The van der Waals surface area contributed by atoms with Crippen molar-refractivity contribution in [2.45, 2.75) is 0 Å². The van der Waals surface area contributed by atoms with Crippen LogP contribution in [0.25, 0.3) is 0 Å². The van der Waals surface area contributed by atoms with Gasteiger partial charge in [-0.25, -0.2) is 4.79 Å². The Labute approximate surface area is 131 Å². The summed E-state index contributed by atoms with van der Waals surface area (Å²) in [5.74, 6) is -0.794. The number of esters is 1. The molecular weight excluding hydrogens is 427 g/mol. The lowest BCUT2D eigenvalue weighted by Crippen LogP contribution is -2.02. The Bertz CT molecular complexity index is 648. The average molecular weight is 435 g/mol. The highest BCUT2D eigenvalue weighted by molar-refractivity contribution is 14.1. The van der Waals surface area contributed by atoms with Gasteiger partial charge in [-0.1, -0.05) is 15.9 Å². The number of hydrogen-bond acceptors (Lipinski definition) is 4. The summed E-state index contributed by atoms with van der Waals surface area (Å²) in [5.41, 5.74) is 0.484. The zero-order valence-electron chi connectivity index (χ0n) is 9.78. The summed E-state index contributed by atoms with van der Waals surface area (Å²) >= 11 is 5.44. The van der Waals surface area contributed by atoms with Gasteiger partial charge in [0.05, 0.1) is 7.11 Å². The fourth-order valence-corrected chi connectivity index (χ4v) is 2.39. The van der Waals surface area contributed by atoms with Crippen LogP contribution in [0.1, 0.15) is 26.7 Å². The second-order valence-corrected chi connectivity index (χ2v) is 5.71. The lowest BCUT2D eigenvalue weighted by molar-refractivity contribution is 0.0563. The van der Waals surface area contributed by atoms with E-state index >= 15 is 0 Å². The molecule has 98 valence electrons. The van der Waals surface area contributed by atoms with Crippen LogP contribution in [0, 0.1) is 3.57 Å². The Morgan fingerprint density at radius 1 is 1.21 bits per heavy atom. The van der Waals surface area contributed by atoms with Gasteiger partial charge in [-0.15, -0.1) is 0 Å². The second-order valence-electron chi connectivity index (χ2n) is 3.61. The minimum atomic E-state index is -0.610. The maximum absolute atomic E-state index is 12.3. The lowest BCUT2D eigenvalue weighted by atomic mass is 10.1. The van der Waals surface area contributed by atoms with Crippen LogP contribution in [0.5, 0.6) is 0 Å². The van der Waals surface area contributed by atoms with E-state index < -0.39 is 5.97 Å². The Balaban J connectivity index is 2.36. The largest absolute Gasteiger partial charge is 0.463 e. The summed E-state index contributed by atoms with van der Waals surface area (Å²) in [6.07, 6.45) is 0. The maximum atomic E-state index is 12.3. The topological polar surface area (TPSA) is 56.5 Å². The molecule has 0 unspecified atom stereocenters. The lowest BCUT2D eigenvalue weighted by Gasteiger charge is -2.02. The van der Waals surface area contributed by atoms with E-state index in [9.17, 15) is 9.59 Å². The summed E-state index contributed by atoms with van der Waals surface area (Å²) in [4.78, 5) is 23.5. The Hall–Kier alpha value is -1.15. The van der Waals surface area contributed by atoms with Crippen LogP contribution >= 0.6 is 38.5 Å². The third kappa shape index (κ3) is 3.06. The van der Waals surface area contributed by atoms with Crippen molar-refractivity contribution in [2.75, 3.05) is 7.11 Å². The fourth-order valence-electron chi connectivity index (χ4n) is 1.47. The van der Waals surface area contributed by atoms with E-state index in [-0.39, 0.29) is 17.3 Å². The predicted molar refractivity (Wildman–Crippen MR) is 80.3 cm³/mol. The summed E-state index contributed by atoms with van der Waals surface area (Å²) in [5, 5.41) is 0. The van der Waals surface area contributed by atoms with Gasteiger partial charge in [0.25, 0.3) is 0 Å². The summed E-state index contributed by atoms with van der Waals surface area (Å²) < 4.78 is 11.3. The van der Waals surface area contributed by atoms with Gasteiger partial charge in [-0.05, 0) is 52.9 Å². The van der Waals surface area contributed by atoms with E-state index in [1.165, 1.54) is 19.2 Å². The molecule has 0 amide bonds. The van der Waals surface area contributed by atoms with E-state index in [0.717, 1.165) is 3.57 Å². The molecule has 2 rings (SSSR count). The van der Waals surface area contributed by atoms with Gasteiger partial charge in [0, 0.05) is 13.6 Å². The van der Waals surface area contributed by atoms with Crippen molar-refractivity contribution >= 4 is 50.3 Å². The number of carbonyl (C=O) groups is 2. The third-order valence-corrected chi connectivity index (χ3v) is 3.75. The molecule has 19 heavy (non-hydrogen) atoms. The van der Waals surface area contributed by atoms with Crippen LogP contribution in [-0.2, 0) is 4.74 Å². The van der Waals surface area contributed by atoms with Gasteiger partial charge in [0.1, 0.15) is 0 Å². The number of ketones is 1. The molecule has 0 aliphatic heterocycles. The first-order chi connectivity index (χ1) is 9.02. The van der Waals surface area contributed by atoms with Crippen molar-refractivity contribution in [3.05, 3.63) is 55.5 Å². The van der Waals surface area contributed by atoms with E-state index in [0.29, 0.717) is 10.0 Å². The Morgan fingerprint density at radius 3 is 2.58 bits per heavy atom. The highest BCUT2D eigenvalue weighted by Crippen LogP contribution is 2.23. The normalized spacial score (nSPS) is 10.3. The molecular formula is C13H8BrIO4. The van der Waals surface area contributed by atoms with Gasteiger partial charge >= 0.3 is 5.97 Å². The fraction of sp³-hybridized carbons (Fsp3) is 0.0769. The van der Waals surface area contributed by atoms with Gasteiger partial charge in [-0.3, -0.25) is 4.79 Å². The Kier molecular flexibility index (Phi) is 4.41. The number of rotatable bonds is 3. The van der Waals surface area contributed by atoms with Crippen LogP contribution in [0.4, 0.5) is 0 Å². The Morgan fingerprint density at radius 2 is 1.89 bits per heavy atom. The molecule has 0 N–H and O–H groups in total. The van der Waals surface area contributed by atoms with Crippen molar-refractivity contribution in [1.29, 1.82) is 0 Å². The SMILES string of the molecule is COC(=O)c1ccc(C(=O)c2cc(I)ccc2Br)o1. The molecule has 0 saturated heterocycles. The number of benzene rings is 1. The molecule has 0 bridgehead atoms. The number of hydrogen-bond donors (Lipinski definition) is 0.